The molecule has 1 saturated heterocycles. The predicted octanol–water partition coefficient (Wildman–Crippen LogP) is 1.14. The van der Waals surface area contributed by atoms with Gasteiger partial charge in [-0.05, 0) is 38.5 Å². The Morgan fingerprint density at radius 3 is 2.39 bits per heavy atom. The lowest BCUT2D eigenvalue weighted by molar-refractivity contribution is -0.147. The van der Waals surface area contributed by atoms with E-state index in [0.717, 1.165) is 25.7 Å². The highest BCUT2D eigenvalue weighted by molar-refractivity contribution is 5.81. The summed E-state index contributed by atoms with van der Waals surface area (Å²) in [6, 6.07) is 0.160. The van der Waals surface area contributed by atoms with Crippen LogP contribution in [-0.2, 0) is 4.79 Å². The summed E-state index contributed by atoms with van der Waals surface area (Å²) in [5.74, 6) is 0.588. The van der Waals surface area contributed by atoms with E-state index in [-0.39, 0.29) is 18.0 Å². The Hall–Kier alpha value is -0.610. The zero-order chi connectivity index (χ0) is 13.3. The van der Waals surface area contributed by atoms with Crippen LogP contribution in [0.2, 0.25) is 0 Å². The van der Waals surface area contributed by atoms with Crippen molar-refractivity contribution in [2.45, 2.75) is 64.1 Å². The minimum absolute atomic E-state index is 0.0987. The molecular weight excluding hydrogens is 228 g/mol. The van der Waals surface area contributed by atoms with E-state index in [1.54, 1.807) is 0 Å². The van der Waals surface area contributed by atoms with Crippen LogP contribution in [0.4, 0.5) is 0 Å². The molecule has 4 nitrogen and oxygen atoms in total. The van der Waals surface area contributed by atoms with Gasteiger partial charge in [0.2, 0.25) is 5.91 Å². The van der Waals surface area contributed by atoms with Gasteiger partial charge in [0.1, 0.15) is 0 Å². The Kier molecular flexibility index (Phi) is 3.97. The van der Waals surface area contributed by atoms with Crippen molar-refractivity contribution in [2.75, 3.05) is 13.1 Å². The normalized spacial score (nSPS) is 24.7. The first kappa shape index (κ1) is 13.8. The molecular formula is C14H26N2O2. The van der Waals surface area contributed by atoms with Gasteiger partial charge in [-0.3, -0.25) is 9.69 Å². The molecule has 1 aliphatic carbocycles. The third-order valence-electron chi connectivity index (χ3n) is 4.55. The average molecular weight is 254 g/mol. The maximum Gasteiger partial charge on any atom is 0.237 e. The van der Waals surface area contributed by atoms with Gasteiger partial charge in [0.05, 0.1) is 11.6 Å². The Morgan fingerprint density at radius 1 is 1.39 bits per heavy atom. The molecule has 1 heterocycles. The van der Waals surface area contributed by atoms with Crippen molar-refractivity contribution in [3.8, 4) is 0 Å². The molecule has 0 radical (unpaired) electrons. The average Bonchev–Trinajstić information content (AvgIpc) is 3.15. The van der Waals surface area contributed by atoms with Gasteiger partial charge in [0.15, 0.2) is 0 Å². The van der Waals surface area contributed by atoms with Gasteiger partial charge in [-0.25, -0.2) is 0 Å². The maximum atomic E-state index is 12.1. The Morgan fingerprint density at radius 2 is 1.94 bits per heavy atom. The van der Waals surface area contributed by atoms with Gasteiger partial charge >= 0.3 is 0 Å². The van der Waals surface area contributed by atoms with Crippen LogP contribution in [0.15, 0.2) is 0 Å². The Balaban J connectivity index is 1.78. The van der Waals surface area contributed by atoms with E-state index in [0.29, 0.717) is 19.0 Å². The van der Waals surface area contributed by atoms with Gasteiger partial charge in [0.25, 0.3) is 0 Å². The monoisotopic (exact) mass is 254 g/mol. The fourth-order valence-corrected chi connectivity index (χ4v) is 2.79. The summed E-state index contributed by atoms with van der Waals surface area (Å²) in [7, 11) is 0. The van der Waals surface area contributed by atoms with Crippen molar-refractivity contribution in [1.82, 2.24) is 10.2 Å². The first-order valence-electron chi connectivity index (χ1n) is 7.27. The lowest BCUT2D eigenvalue weighted by Crippen LogP contribution is -2.67. The minimum atomic E-state index is -0.497. The first-order chi connectivity index (χ1) is 8.50. The van der Waals surface area contributed by atoms with Crippen molar-refractivity contribution in [3.05, 3.63) is 0 Å². The molecule has 2 aliphatic rings. The van der Waals surface area contributed by atoms with Crippen molar-refractivity contribution in [3.63, 3.8) is 0 Å². The standard InChI is InChI=1S/C14H26N2O2/c1-4-12(5-2)15-13(17)10(3)16-8-14(18,9-16)11-6-7-11/h10-12,18H,4-9H2,1-3H3,(H,15,17). The van der Waals surface area contributed by atoms with E-state index >= 15 is 0 Å². The van der Waals surface area contributed by atoms with Crippen molar-refractivity contribution >= 4 is 5.91 Å². The summed E-state index contributed by atoms with van der Waals surface area (Å²) in [6.07, 6.45) is 4.25. The number of hydrogen-bond acceptors (Lipinski definition) is 3. The molecule has 1 saturated carbocycles. The van der Waals surface area contributed by atoms with Crippen LogP contribution in [-0.4, -0.2) is 46.7 Å². The highest BCUT2D eigenvalue weighted by Gasteiger charge is 2.53. The third kappa shape index (κ3) is 2.69. The van der Waals surface area contributed by atoms with E-state index < -0.39 is 5.60 Å². The number of nitrogens with zero attached hydrogens (tertiary/aromatic N) is 1. The molecule has 1 aliphatic heterocycles. The number of likely N-dealkylation sites (tertiary alicyclic amines) is 1. The highest BCUT2D eigenvalue weighted by atomic mass is 16.3. The molecule has 0 aromatic heterocycles. The van der Waals surface area contributed by atoms with Gasteiger partial charge < -0.3 is 10.4 Å². The summed E-state index contributed by atoms with van der Waals surface area (Å²) in [5.41, 5.74) is -0.497. The van der Waals surface area contributed by atoms with Crippen LogP contribution < -0.4 is 5.32 Å². The fraction of sp³-hybridized carbons (Fsp3) is 0.929. The Bertz CT molecular complexity index is 305. The molecule has 1 unspecified atom stereocenters. The summed E-state index contributed by atoms with van der Waals surface area (Å²) in [6.45, 7) is 7.44. The molecule has 2 fully saturated rings. The number of β-amino-alcohol motifs (C(OH)–C–C–N with tert-alkyl or cyclic N) is 1. The first-order valence-corrected chi connectivity index (χ1v) is 7.27. The van der Waals surface area contributed by atoms with E-state index in [2.05, 4.69) is 24.1 Å². The molecule has 0 spiro atoms. The predicted molar refractivity (Wildman–Crippen MR) is 71.2 cm³/mol. The van der Waals surface area contributed by atoms with Gasteiger partial charge in [-0.15, -0.1) is 0 Å². The summed E-state index contributed by atoms with van der Waals surface area (Å²) < 4.78 is 0. The molecule has 2 N–H and O–H groups in total. The fourth-order valence-electron chi connectivity index (χ4n) is 2.79. The van der Waals surface area contributed by atoms with Gasteiger partial charge in [-0.1, -0.05) is 13.8 Å². The zero-order valence-corrected chi connectivity index (χ0v) is 11.8. The highest BCUT2D eigenvalue weighted by Crippen LogP contribution is 2.44. The summed E-state index contributed by atoms with van der Waals surface area (Å²) in [5, 5.41) is 13.3. The number of rotatable bonds is 6. The quantitative estimate of drug-likeness (QED) is 0.747. The third-order valence-corrected chi connectivity index (χ3v) is 4.55. The molecule has 1 atom stereocenters. The second-order valence-corrected chi connectivity index (χ2v) is 5.98. The topological polar surface area (TPSA) is 52.6 Å². The molecule has 0 bridgehead atoms. The van der Waals surface area contributed by atoms with Crippen LogP contribution in [0.5, 0.6) is 0 Å². The number of aliphatic hydroxyl groups is 1. The van der Waals surface area contributed by atoms with Crippen LogP contribution in [0.3, 0.4) is 0 Å². The lowest BCUT2D eigenvalue weighted by atomic mass is 9.87. The summed E-state index contributed by atoms with van der Waals surface area (Å²) >= 11 is 0. The van der Waals surface area contributed by atoms with E-state index in [9.17, 15) is 9.90 Å². The molecule has 0 aromatic carbocycles. The minimum Gasteiger partial charge on any atom is -0.387 e. The van der Waals surface area contributed by atoms with Crippen LogP contribution in [0.25, 0.3) is 0 Å². The zero-order valence-electron chi connectivity index (χ0n) is 11.8. The van der Waals surface area contributed by atoms with Crippen LogP contribution >= 0.6 is 0 Å². The number of amides is 1. The molecule has 1 amide bonds. The van der Waals surface area contributed by atoms with E-state index in [1.165, 1.54) is 0 Å². The van der Waals surface area contributed by atoms with Crippen LogP contribution in [0, 0.1) is 5.92 Å². The van der Waals surface area contributed by atoms with Gasteiger partial charge in [0, 0.05) is 19.1 Å². The summed E-state index contributed by atoms with van der Waals surface area (Å²) in [4.78, 5) is 14.1. The smallest absolute Gasteiger partial charge is 0.237 e. The molecule has 4 heteroatoms. The number of carbonyl (C=O) groups is 1. The SMILES string of the molecule is CCC(CC)NC(=O)C(C)N1CC(O)(C2CC2)C1. The second kappa shape index (κ2) is 5.17. The number of carbonyl (C=O) groups excluding carboxylic acids is 1. The molecule has 18 heavy (non-hydrogen) atoms. The van der Waals surface area contributed by atoms with Crippen LogP contribution in [0.1, 0.15) is 46.5 Å². The largest absolute Gasteiger partial charge is 0.387 e. The maximum absolute atomic E-state index is 12.1. The number of hydrogen-bond donors (Lipinski definition) is 2. The number of nitrogens with one attached hydrogen (secondary N) is 1. The van der Waals surface area contributed by atoms with Crippen molar-refractivity contribution in [1.29, 1.82) is 0 Å². The Labute approximate surface area is 110 Å². The lowest BCUT2D eigenvalue weighted by Gasteiger charge is -2.49. The van der Waals surface area contributed by atoms with Crippen molar-refractivity contribution in [2.24, 2.45) is 5.92 Å². The molecule has 0 aromatic rings. The molecule has 2 rings (SSSR count). The van der Waals surface area contributed by atoms with Gasteiger partial charge in [-0.2, -0.15) is 0 Å². The second-order valence-electron chi connectivity index (χ2n) is 5.98. The molecule has 104 valence electrons. The van der Waals surface area contributed by atoms with E-state index in [1.807, 2.05) is 6.92 Å². The van der Waals surface area contributed by atoms with Crippen molar-refractivity contribution < 1.29 is 9.90 Å². The van der Waals surface area contributed by atoms with E-state index in [4.69, 9.17) is 0 Å².